The van der Waals surface area contributed by atoms with E-state index >= 15 is 0 Å². The highest BCUT2D eigenvalue weighted by Crippen LogP contribution is 2.30. The van der Waals surface area contributed by atoms with Crippen molar-refractivity contribution < 1.29 is 9.90 Å². The van der Waals surface area contributed by atoms with Gasteiger partial charge in [0.25, 0.3) is 0 Å². The van der Waals surface area contributed by atoms with Crippen molar-refractivity contribution in [3.63, 3.8) is 0 Å². The van der Waals surface area contributed by atoms with E-state index in [1.807, 2.05) is 0 Å². The summed E-state index contributed by atoms with van der Waals surface area (Å²) in [6, 6.07) is 0.172. The average Bonchev–Trinajstić information content (AvgIpc) is 2.67. The predicted molar refractivity (Wildman–Crippen MR) is 67.6 cm³/mol. The van der Waals surface area contributed by atoms with E-state index < -0.39 is 5.97 Å². The van der Waals surface area contributed by atoms with E-state index in [4.69, 9.17) is 16.7 Å². The second-order valence-corrected chi connectivity index (χ2v) is 4.70. The lowest BCUT2D eigenvalue weighted by atomic mass is 9.95. The number of hydrogen-bond donors (Lipinski definition) is 1. The monoisotopic (exact) mass is 258 g/mol. The number of carboxylic acids is 1. The van der Waals surface area contributed by atoms with Crippen molar-refractivity contribution in [2.45, 2.75) is 46.1 Å². The largest absolute Gasteiger partial charge is 0.478 e. The van der Waals surface area contributed by atoms with Gasteiger partial charge >= 0.3 is 5.97 Å². The molecule has 0 amide bonds. The molecular weight excluding hydrogens is 240 g/mol. The van der Waals surface area contributed by atoms with Crippen LogP contribution >= 0.6 is 11.6 Å². The number of nitrogens with zero attached hydrogens (tertiary/aromatic N) is 2. The Balaban J connectivity index is 3.06. The number of carbonyl (C=O) groups is 1. The van der Waals surface area contributed by atoms with Gasteiger partial charge in [-0.2, -0.15) is 5.10 Å². The molecule has 0 saturated heterocycles. The zero-order valence-electron chi connectivity index (χ0n) is 10.5. The second-order valence-electron chi connectivity index (χ2n) is 4.34. The van der Waals surface area contributed by atoms with E-state index in [-0.39, 0.29) is 16.8 Å². The smallest absolute Gasteiger partial charge is 0.340 e. The fourth-order valence-electron chi connectivity index (χ4n) is 1.94. The van der Waals surface area contributed by atoms with Gasteiger partial charge < -0.3 is 5.11 Å². The molecule has 2 unspecified atom stereocenters. The first-order valence-corrected chi connectivity index (χ1v) is 6.36. The lowest BCUT2D eigenvalue weighted by Crippen LogP contribution is -2.18. The molecule has 1 rings (SSSR count). The zero-order valence-corrected chi connectivity index (χ0v) is 11.2. The van der Waals surface area contributed by atoms with Crippen LogP contribution in [0.3, 0.4) is 0 Å². The number of rotatable bonds is 6. The van der Waals surface area contributed by atoms with Crippen LogP contribution in [0.2, 0.25) is 5.15 Å². The van der Waals surface area contributed by atoms with Gasteiger partial charge in [0.15, 0.2) is 0 Å². The molecule has 4 nitrogen and oxygen atoms in total. The summed E-state index contributed by atoms with van der Waals surface area (Å²) in [6.07, 6.45) is 4.32. The molecule has 5 heteroatoms. The molecule has 1 N–H and O–H groups in total. The van der Waals surface area contributed by atoms with E-state index in [0.717, 1.165) is 19.3 Å². The van der Waals surface area contributed by atoms with Crippen LogP contribution in [0.5, 0.6) is 0 Å². The van der Waals surface area contributed by atoms with Crippen molar-refractivity contribution in [2.24, 2.45) is 5.92 Å². The molecule has 0 aliphatic carbocycles. The van der Waals surface area contributed by atoms with Crippen molar-refractivity contribution >= 4 is 17.6 Å². The molecule has 0 radical (unpaired) electrons. The van der Waals surface area contributed by atoms with E-state index in [0.29, 0.717) is 5.92 Å². The molecule has 0 spiro atoms. The van der Waals surface area contributed by atoms with Crippen LogP contribution in [0.25, 0.3) is 0 Å². The fourth-order valence-corrected chi connectivity index (χ4v) is 2.24. The minimum atomic E-state index is -1.03. The maximum Gasteiger partial charge on any atom is 0.340 e. The Morgan fingerprint density at radius 2 is 2.24 bits per heavy atom. The molecule has 1 aromatic heterocycles. The first-order valence-electron chi connectivity index (χ1n) is 5.99. The van der Waals surface area contributed by atoms with Crippen LogP contribution in [0.1, 0.15) is 56.4 Å². The van der Waals surface area contributed by atoms with Crippen LogP contribution in [0.4, 0.5) is 0 Å². The van der Waals surface area contributed by atoms with Crippen molar-refractivity contribution in [3.05, 3.63) is 16.9 Å². The van der Waals surface area contributed by atoms with E-state index in [9.17, 15) is 4.79 Å². The molecule has 17 heavy (non-hydrogen) atoms. The second kappa shape index (κ2) is 6.05. The number of aromatic nitrogens is 2. The summed E-state index contributed by atoms with van der Waals surface area (Å²) < 4.78 is 1.66. The summed E-state index contributed by atoms with van der Waals surface area (Å²) in [5, 5.41) is 13.3. The molecule has 0 aromatic carbocycles. The molecule has 2 atom stereocenters. The summed E-state index contributed by atoms with van der Waals surface area (Å²) in [5.41, 5.74) is 0.0797. The zero-order chi connectivity index (χ0) is 13.0. The van der Waals surface area contributed by atoms with Gasteiger partial charge in [0.1, 0.15) is 10.7 Å². The van der Waals surface area contributed by atoms with Crippen LogP contribution in [0, 0.1) is 5.92 Å². The quantitative estimate of drug-likeness (QED) is 0.848. The third-order valence-corrected chi connectivity index (χ3v) is 3.54. The summed E-state index contributed by atoms with van der Waals surface area (Å²) in [7, 11) is 0. The SMILES string of the molecule is CCCC(C(C)CC)n1ncc(C(=O)O)c1Cl. The van der Waals surface area contributed by atoms with Gasteiger partial charge in [-0.1, -0.05) is 45.2 Å². The summed E-state index contributed by atoms with van der Waals surface area (Å²) in [6.45, 7) is 6.35. The Morgan fingerprint density at radius 1 is 1.59 bits per heavy atom. The maximum absolute atomic E-state index is 10.9. The molecule has 96 valence electrons. The molecule has 1 aromatic rings. The summed E-state index contributed by atoms with van der Waals surface area (Å²) in [5.74, 6) is -0.602. The van der Waals surface area contributed by atoms with E-state index in [1.54, 1.807) is 4.68 Å². The highest BCUT2D eigenvalue weighted by atomic mass is 35.5. The van der Waals surface area contributed by atoms with Crippen molar-refractivity contribution in [3.8, 4) is 0 Å². The number of halogens is 1. The third kappa shape index (κ3) is 3.00. The van der Waals surface area contributed by atoms with Gasteiger partial charge in [0.2, 0.25) is 0 Å². The Kier molecular flexibility index (Phi) is 5.00. The number of hydrogen-bond acceptors (Lipinski definition) is 2. The maximum atomic E-state index is 10.9. The average molecular weight is 259 g/mol. The Hall–Kier alpha value is -1.03. The van der Waals surface area contributed by atoms with Gasteiger partial charge in [0, 0.05) is 0 Å². The molecule has 0 aliphatic heterocycles. The third-order valence-electron chi connectivity index (χ3n) is 3.16. The van der Waals surface area contributed by atoms with Gasteiger partial charge in [0.05, 0.1) is 12.2 Å². The van der Waals surface area contributed by atoms with Crippen molar-refractivity contribution in [1.82, 2.24) is 9.78 Å². The molecule has 1 heterocycles. The molecule has 0 fully saturated rings. The van der Waals surface area contributed by atoms with Crippen LogP contribution in [-0.2, 0) is 0 Å². The standard InChI is InChI=1S/C12H19ClN2O2/c1-4-6-10(8(3)5-2)15-11(13)9(7-14-15)12(16)17/h7-8,10H,4-6H2,1-3H3,(H,16,17). The first kappa shape index (κ1) is 14.0. The van der Waals surface area contributed by atoms with Crippen LogP contribution < -0.4 is 0 Å². The Morgan fingerprint density at radius 3 is 2.65 bits per heavy atom. The fraction of sp³-hybridized carbons (Fsp3) is 0.667. The van der Waals surface area contributed by atoms with Crippen molar-refractivity contribution in [1.29, 1.82) is 0 Å². The van der Waals surface area contributed by atoms with Gasteiger partial charge in [-0.25, -0.2) is 9.48 Å². The lowest BCUT2D eigenvalue weighted by molar-refractivity contribution is 0.0697. The van der Waals surface area contributed by atoms with Gasteiger partial charge in [-0.05, 0) is 12.3 Å². The van der Waals surface area contributed by atoms with Gasteiger partial charge in [-0.3, -0.25) is 0 Å². The van der Waals surface area contributed by atoms with E-state index in [1.165, 1.54) is 6.20 Å². The summed E-state index contributed by atoms with van der Waals surface area (Å²) >= 11 is 6.07. The van der Waals surface area contributed by atoms with Crippen LogP contribution in [0.15, 0.2) is 6.20 Å². The van der Waals surface area contributed by atoms with Gasteiger partial charge in [-0.15, -0.1) is 0 Å². The highest BCUT2D eigenvalue weighted by Gasteiger charge is 2.23. The Bertz CT molecular complexity index is 390. The predicted octanol–water partition coefficient (Wildman–Crippen LogP) is 3.62. The number of aromatic carboxylic acids is 1. The van der Waals surface area contributed by atoms with Crippen molar-refractivity contribution in [2.75, 3.05) is 0 Å². The molecule has 0 aliphatic rings. The molecular formula is C12H19ClN2O2. The first-order chi connectivity index (χ1) is 8.02. The minimum Gasteiger partial charge on any atom is -0.478 e. The molecule has 0 bridgehead atoms. The lowest BCUT2D eigenvalue weighted by Gasteiger charge is -2.23. The topological polar surface area (TPSA) is 55.1 Å². The highest BCUT2D eigenvalue weighted by molar-refractivity contribution is 6.32. The normalized spacial score (nSPS) is 14.6. The van der Waals surface area contributed by atoms with E-state index in [2.05, 4.69) is 25.9 Å². The van der Waals surface area contributed by atoms with Crippen LogP contribution in [-0.4, -0.2) is 20.9 Å². The summed E-state index contributed by atoms with van der Waals surface area (Å²) in [4.78, 5) is 10.9. The minimum absolute atomic E-state index is 0.0797. The molecule has 0 saturated carbocycles. The number of carboxylic acid groups (broad SMARTS) is 1. The Labute approximate surface area is 107 Å².